The van der Waals surface area contributed by atoms with Crippen molar-refractivity contribution in [2.24, 2.45) is 0 Å². The maximum atomic E-state index is 13.1. The van der Waals surface area contributed by atoms with E-state index in [4.69, 9.17) is 0 Å². The van der Waals surface area contributed by atoms with Crippen molar-refractivity contribution in [3.05, 3.63) is 39.4 Å². The van der Waals surface area contributed by atoms with Crippen LogP contribution in [0.25, 0.3) is 10.9 Å². The minimum Gasteiger partial charge on any atom is -0.357 e. The summed E-state index contributed by atoms with van der Waals surface area (Å²) in [6.45, 7) is 3.36. The van der Waals surface area contributed by atoms with Gasteiger partial charge in [-0.2, -0.15) is 0 Å². The highest BCUT2D eigenvalue weighted by molar-refractivity contribution is 5.83. The largest absolute Gasteiger partial charge is 0.357 e. The van der Waals surface area contributed by atoms with Gasteiger partial charge in [0.2, 0.25) is 5.91 Å². The lowest BCUT2D eigenvalue weighted by Crippen LogP contribution is -2.37. The number of hydrogen-bond acceptors (Lipinski definition) is 5. The Morgan fingerprint density at radius 3 is 2.96 bits per heavy atom. The van der Waals surface area contributed by atoms with Crippen LogP contribution in [0.3, 0.4) is 0 Å². The number of nitrogens with one attached hydrogen (secondary N) is 2. The van der Waals surface area contributed by atoms with E-state index in [1.807, 2.05) is 12.1 Å². The van der Waals surface area contributed by atoms with Gasteiger partial charge in [0, 0.05) is 20.0 Å². The second-order valence-electron chi connectivity index (χ2n) is 6.27. The predicted molar refractivity (Wildman–Crippen MR) is 94.6 cm³/mol. The van der Waals surface area contributed by atoms with Crippen molar-refractivity contribution in [3.63, 3.8) is 0 Å². The number of carbonyl (C=O) groups is 2. The first kappa shape index (κ1) is 17.3. The molecule has 1 atom stereocenters. The molecule has 3 rings (SSSR count). The van der Waals surface area contributed by atoms with Gasteiger partial charge in [-0.3, -0.25) is 14.2 Å². The van der Waals surface area contributed by atoms with Gasteiger partial charge < -0.3 is 15.4 Å². The number of rotatable bonds is 5. The number of aryl methyl sites for hydroxylation is 1. The molecule has 1 unspecified atom stereocenters. The zero-order valence-corrected chi connectivity index (χ0v) is 14.5. The van der Waals surface area contributed by atoms with Crippen LogP contribution in [0.5, 0.6) is 0 Å². The van der Waals surface area contributed by atoms with Crippen molar-refractivity contribution in [1.82, 2.24) is 20.2 Å². The Labute approximate surface area is 145 Å². The van der Waals surface area contributed by atoms with Crippen LogP contribution in [0.4, 0.5) is 0 Å². The normalized spacial score (nSPS) is 14.8. The number of carbonyl (C=O) groups excluding carboxylic acids is 2. The quantitative estimate of drug-likeness (QED) is 0.777. The molecule has 1 aliphatic rings. The lowest BCUT2D eigenvalue weighted by molar-refractivity contribution is -0.124. The van der Waals surface area contributed by atoms with E-state index in [0.29, 0.717) is 16.7 Å². The molecular formula is C18H22N4O3. The highest BCUT2D eigenvalue weighted by atomic mass is 16.2. The molecule has 2 N–H and O–H groups in total. The van der Waals surface area contributed by atoms with E-state index >= 15 is 0 Å². The first-order chi connectivity index (χ1) is 12.1. The fourth-order valence-electron chi connectivity index (χ4n) is 3.43. The molecule has 0 fully saturated rings. The number of fused-ring (bicyclic) bond motifs is 2. The molecule has 0 aliphatic carbocycles. The Hall–Kier alpha value is -2.54. The van der Waals surface area contributed by atoms with Gasteiger partial charge in [0.1, 0.15) is 18.2 Å². The molecule has 7 heteroatoms. The molecule has 25 heavy (non-hydrogen) atoms. The van der Waals surface area contributed by atoms with E-state index in [9.17, 15) is 14.4 Å². The molecule has 1 aromatic carbocycles. The van der Waals surface area contributed by atoms with Crippen LogP contribution in [-0.2, 0) is 22.6 Å². The number of hydrogen-bond donors (Lipinski definition) is 2. The first-order valence-corrected chi connectivity index (χ1v) is 8.47. The number of aldehydes is 1. The Bertz CT molecular complexity index is 888. The maximum absolute atomic E-state index is 13.1. The summed E-state index contributed by atoms with van der Waals surface area (Å²) >= 11 is 0. The number of benzene rings is 1. The predicted octanol–water partition coefficient (Wildman–Crippen LogP) is 0.617. The number of amides is 1. The van der Waals surface area contributed by atoms with Gasteiger partial charge in [0.05, 0.1) is 10.9 Å². The van der Waals surface area contributed by atoms with Crippen LogP contribution in [0, 0.1) is 6.92 Å². The highest BCUT2D eigenvalue weighted by Crippen LogP contribution is 2.21. The molecule has 2 aromatic rings. The standard InChI is InChI=1S/C18H22N4O3/c1-11-21-15-9-12-5-6-20-10-13(12)8-14(15)18(25)22(11)16(4-3-7-23)17(24)19-2/h7-9,16,20H,3-6,10H2,1-2H3,(H,19,24). The lowest BCUT2D eigenvalue weighted by atomic mass is 9.98. The smallest absolute Gasteiger partial charge is 0.262 e. The van der Waals surface area contributed by atoms with E-state index in [1.165, 1.54) is 17.2 Å². The third-order valence-corrected chi connectivity index (χ3v) is 4.70. The van der Waals surface area contributed by atoms with Gasteiger partial charge in [0.25, 0.3) is 5.56 Å². The SMILES string of the molecule is CNC(=O)C(CCC=O)n1c(C)nc2cc3c(cc2c1=O)CNCC3. The first-order valence-electron chi connectivity index (χ1n) is 8.47. The molecule has 0 saturated carbocycles. The topological polar surface area (TPSA) is 93.1 Å². The Balaban J connectivity index is 2.18. The summed E-state index contributed by atoms with van der Waals surface area (Å²) < 4.78 is 1.41. The molecule has 0 radical (unpaired) electrons. The van der Waals surface area contributed by atoms with Crippen molar-refractivity contribution in [1.29, 1.82) is 0 Å². The Morgan fingerprint density at radius 2 is 2.24 bits per heavy atom. The van der Waals surface area contributed by atoms with Gasteiger partial charge in [-0.15, -0.1) is 0 Å². The van der Waals surface area contributed by atoms with Crippen LogP contribution in [0.2, 0.25) is 0 Å². The van der Waals surface area contributed by atoms with Gasteiger partial charge in [-0.1, -0.05) is 0 Å². The van der Waals surface area contributed by atoms with Gasteiger partial charge in [0.15, 0.2) is 0 Å². The average molecular weight is 342 g/mol. The zero-order valence-electron chi connectivity index (χ0n) is 14.5. The monoisotopic (exact) mass is 342 g/mol. The summed E-state index contributed by atoms with van der Waals surface area (Å²) in [7, 11) is 1.52. The van der Waals surface area contributed by atoms with Crippen molar-refractivity contribution >= 4 is 23.1 Å². The minimum atomic E-state index is -0.742. The van der Waals surface area contributed by atoms with Crippen molar-refractivity contribution in [2.45, 2.75) is 38.8 Å². The van der Waals surface area contributed by atoms with Crippen LogP contribution in [0.1, 0.15) is 35.8 Å². The van der Waals surface area contributed by atoms with Crippen molar-refractivity contribution < 1.29 is 9.59 Å². The zero-order chi connectivity index (χ0) is 18.0. The number of likely N-dealkylation sites (N-methyl/N-ethyl adjacent to an activating group) is 1. The number of aromatic nitrogens is 2. The third-order valence-electron chi connectivity index (χ3n) is 4.70. The summed E-state index contributed by atoms with van der Waals surface area (Å²) in [4.78, 5) is 40.7. The van der Waals surface area contributed by atoms with Crippen molar-refractivity contribution in [2.75, 3.05) is 13.6 Å². The van der Waals surface area contributed by atoms with Crippen LogP contribution < -0.4 is 16.2 Å². The summed E-state index contributed by atoms with van der Waals surface area (Å²) in [6.07, 6.45) is 2.14. The van der Waals surface area contributed by atoms with Gasteiger partial charge in [-0.25, -0.2) is 4.98 Å². The molecular weight excluding hydrogens is 320 g/mol. The fraction of sp³-hybridized carbons (Fsp3) is 0.444. The molecule has 0 spiro atoms. The number of nitrogens with zero attached hydrogens (tertiary/aromatic N) is 2. The average Bonchev–Trinajstić information content (AvgIpc) is 2.62. The fourth-order valence-corrected chi connectivity index (χ4v) is 3.43. The summed E-state index contributed by atoms with van der Waals surface area (Å²) in [5.41, 5.74) is 2.72. The molecule has 0 saturated heterocycles. The van der Waals surface area contributed by atoms with E-state index in [-0.39, 0.29) is 24.3 Å². The Morgan fingerprint density at radius 1 is 1.44 bits per heavy atom. The molecule has 1 aliphatic heterocycles. The highest BCUT2D eigenvalue weighted by Gasteiger charge is 2.24. The van der Waals surface area contributed by atoms with Gasteiger partial charge >= 0.3 is 0 Å². The molecule has 0 bridgehead atoms. The summed E-state index contributed by atoms with van der Waals surface area (Å²) in [5.74, 6) is 0.179. The van der Waals surface area contributed by atoms with E-state index in [1.54, 1.807) is 6.92 Å². The van der Waals surface area contributed by atoms with E-state index in [2.05, 4.69) is 15.6 Å². The third kappa shape index (κ3) is 3.19. The summed E-state index contributed by atoms with van der Waals surface area (Å²) in [6, 6.07) is 3.11. The van der Waals surface area contributed by atoms with Crippen LogP contribution in [-0.4, -0.2) is 35.3 Å². The molecule has 132 valence electrons. The lowest BCUT2D eigenvalue weighted by Gasteiger charge is -2.22. The van der Waals surface area contributed by atoms with Crippen LogP contribution >= 0.6 is 0 Å². The summed E-state index contributed by atoms with van der Waals surface area (Å²) in [5, 5.41) is 6.38. The molecule has 2 heterocycles. The molecule has 1 amide bonds. The van der Waals surface area contributed by atoms with Gasteiger partial charge in [-0.05, 0) is 49.6 Å². The molecule has 1 aromatic heterocycles. The minimum absolute atomic E-state index is 0.204. The van der Waals surface area contributed by atoms with E-state index in [0.717, 1.165) is 31.4 Å². The van der Waals surface area contributed by atoms with Crippen molar-refractivity contribution in [3.8, 4) is 0 Å². The Kier molecular flexibility index (Phi) is 4.94. The maximum Gasteiger partial charge on any atom is 0.262 e. The second kappa shape index (κ2) is 7.14. The van der Waals surface area contributed by atoms with E-state index < -0.39 is 6.04 Å². The second-order valence-corrected chi connectivity index (χ2v) is 6.27. The van der Waals surface area contributed by atoms with Crippen LogP contribution in [0.15, 0.2) is 16.9 Å². The molecule has 7 nitrogen and oxygen atoms in total.